The van der Waals surface area contributed by atoms with E-state index in [0.29, 0.717) is 13.0 Å². The minimum absolute atomic E-state index is 0.0243. The van der Waals surface area contributed by atoms with Crippen LogP contribution in [0.1, 0.15) is 33.6 Å². The molecule has 0 radical (unpaired) electrons. The lowest BCUT2D eigenvalue weighted by Gasteiger charge is -2.37. The Balaban J connectivity index is 2.77. The molecule has 1 fully saturated rings. The molecule has 0 spiro atoms. The Labute approximate surface area is 85.5 Å². The maximum absolute atomic E-state index is 11.9. The van der Waals surface area contributed by atoms with Crippen LogP contribution in [0.4, 0.5) is 0 Å². The second-order valence-corrected chi connectivity index (χ2v) is 4.82. The highest BCUT2D eigenvalue weighted by molar-refractivity contribution is 5.92. The first-order valence-electron chi connectivity index (χ1n) is 5.15. The lowest BCUT2D eigenvalue weighted by molar-refractivity contribution is -0.145. The third kappa shape index (κ3) is 1.97. The lowest BCUT2D eigenvalue weighted by Crippen LogP contribution is -2.45. The number of nitrogens with zero attached hydrogens (tertiary/aromatic N) is 1. The largest absolute Gasteiger partial charge is 0.346 e. The van der Waals surface area contributed by atoms with Crippen molar-refractivity contribution in [2.75, 3.05) is 13.6 Å². The van der Waals surface area contributed by atoms with Gasteiger partial charge in [-0.3, -0.25) is 9.59 Å². The SMILES string of the molecule is CC(C)C(=O)C1(C)CCN(C)C(=O)C1. The van der Waals surface area contributed by atoms with E-state index in [2.05, 4.69) is 0 Å². The van der Waals surface area contributed by atoms with E-state index in [0.717, 1.165) is 6.42 Å². The standard InChI is InChI=1S/C11H19NO2/c1-8(2)10(14)11(3)5-6-12(4)9(13)7-11/h8H,5-7H2,1-4H3. The molecule has 3 heteroatoms. The van der Waals surface area contributed by atoms with Gasteiger partial charge in [0, 0.05) is 31.3 Å². The first kappa shape index (κ1) is 11.2. The quantitative estimate of drug-likeness (QED) is 0.672. The predicted molar refractivity (Wildman–Crippen MR) is 54.8 cm³/mol. The highest BCUT2D eigenvalue weighted by Crippen LogP contribution is 2.34. The minimum Gasteiger partial charge on any atom is -0.346 e. The maximum Gasteiger partial charge on any atom is 0.223 e. The zero-order valence-corrected chi connectivity index (χ0v) is 9.46. The molecule has 3 nitrogen and oxygen atoms in total. The monoisotopic (exact) mass is 197 g/mol. The predicted octanol–water partition coefficient (Wildman–Crippen LogP) is 1.47. The number of amides is 1. The van der Waals surface area contributed by atoms with E-state index in [4.69, 9.17) is 0 Å². The summed E-state index contributed by atoms with van der Waals surface area (Å²) in [5.74, 6) is 0.336. The van der Waals surface area contributed by atoms with Gasteiger partial charge < -0.3 is 4.90 Å². The van der Waals surface area contributed by atoms with Crippen LogP contribution in [-0.4, -0.2) is 30.2 Å². The lowest BCUT2D eigenvalue weighted by atomic mass is 9.73. The topological polar surface area (TPSA) is 37.4 Å². The van der Waals surface area contributed by atoms with Crippen LogP contribution in [-0.2, 0) is 9.59 Å². The van der Waals surface area contributed by atoms with Gasteiger partial charge in [-0.25, -0.2) is 0 Å². The van der Waals surface area contributed by atoms with E-state index in [-0.39, 0.29) is 17.6 Å². The average Bonchev–Trinajstić information content (AvgIpc) is 2.11. The molecule has 0 saturated carbocycles. The Kier molecular flexibility index (Phi) is 2.98. The maximum atomic E-state index is 11.9. The molecule has 1 saturated heterocycles. The summed E-state index contributed by atoms with van der Waals surface area (Å²) in [6.45, 7) is 6.42. The highest BCUT2D eigenvalue weighted by Gasteiger charge is 2.40. The molecule has 0 aromatic heterocycles. The van der Waals surface area contributed by atoms with Crippen molar-refractivity contribution in [1.82, 2.24) is 4.90 Å². The third-order valence-electron chi connectivity index (χ3n) is 3.09. The molecule has 14 heavy (non-hydrogen) atoms. The molecule has 1 amide bonds. The van der Waals surface area contributed by atoms with Crippen LogP contribution in [0.3, 0.4) is 0 Å². The molecule has 0 aliphatic carbocycles. The first-order valence-corrected chi connectivity index (χ1v) is 5.15. The first-order chi connectivity index (χ1) is 6.37. The number of Topliss-reactive ketones (excluding diaryl/α,β-unsaturated/α-hetero) is 1. The van der Waals surface area contributed by atoms with Crippen LogP contribution < -0.4 is 0 Å². The van der Waals surface area contributed by atoms with E-state index in [1.807, 2.05) is 20.8 Å². The van der Waals surface area contributed by atoms with Crippen molar-refractivity contribution in [1.29, 1.82) is 0 Å². The van der Waals surface area contributed by atoms with Gasteiger partial charge in [0.1, 0.15) is 5.78 Å². The van der Waals surface area contributed by atoms with Crippen molar-refractivity contribution in [3.05, 3.63) is 0 Å². The van der Waals surface area contributed by atoms with Crippen LogP contribution in [0.5, 0.6) is 0 Å². The Hall–Kier alpha value is -0.860. The summed E-state index contributed by atoms with van der Waals surface area (Å²) in [5, 5.41) is 0. The number of likely N-dealkylation sites (tertiary alicyclic amines) is 1. The summed E-state index contributed by atoms with van der Waals surface area (Å²) in [6, 6.07) is 0. The summed E-state index contributed by atoms with van der Waals surface area (Å²) in [6.07, 6.45) is 1.17. The van der Waals surface area contributed by atoms with E-state index < -0.39 is 5.41 Å². The van der Waals surface area contributed by atoms with E-state index in [1.54, 1.807) is 11.9 Å². The van der Waals surface area contributed by atoms with Gasteiger partial charge in [0.25, 0.3) is 0 Å². The van der Waals surface area contributed by atoms with Gasteiger partial charge in [0.2, 0.25) is 5.91 Å². The molecule has 0 aromatic carbocycles. The van der Waals surface area contributed by atoms with Crippen molar-refractivity contribution < 1.29 is 9.59 Å². The molecular formula is C11H19NO2. The number of rotatable bonds is 2. The van der Waals surface area contributed by atoms with Gasteiger partial charge in [-0.15, -0.1) is 0 Å². The number of ketones is 1. The van der Waals surface area contributed by atoms with Crippen molar-refractivity contribution in [3.8, 4) is 0 Å². The average molecular weight is 197 g/mol. The molecule has 0 bridgehead atoms. The smallest absolute Gasteiger partial charge is 0.223 e. The van der Waals surface area contributed by atoms with Gasteiger partial charge in [-0.2, -0.15) is 0 Å². The third-order valence-corrected chi connectivity index (χ3v) is 3.09. The van der Waals surface area contributed by atoms with Crippen molar-refractivity contribution >= 4 is 11.7 Å². The van der Waals surface area contributed by atoms with Crippen LogP contribution >= 0.6 is 0 Å². The number of hydrogen-bond donors (Lipinski definition) is 0. The van der Waals surface area contributed by atoms with E-state index in [1.165, 1.54) is 0 Å². The van der Waals surface area contributed by atoms with E-state index in [9.17, 15) is 9.59 Å². The molecule has 1 unspecified atom stereocenters. The van der Waals surface area contributed by atoms with Gasteiger partial charge in [0.15, 0.2) is 0 Å². The number of carbonyl (C=O) groups excluding carboxylic acids is 2. The summed E-state index contributed by atoms with van der Waals surface area (Å²) in [4.78, 5) is 25.1. The molecule has 0 N–H and O–H groups in total. The van der Waals surface area contributed by atoms with Gasteiger partial charge in [-0.1, -0.05) is 20.8 Å². The van der Waals surface area contributed by atoms with Crippen LogP contribution in [0.2, 0.25) is 0 Å². The molecule has 1 aliphatic rings. The number of carbonyl (C=O) groups is 2. The molecule has 80 valence electrons. The summed E-state index contributed by atoms with van der Waals surface area (Å²) < 4.78 is 0. The fraction of sp³-hybridized carbons (Fsp3) is 0.818. The fourth-order valence-electron chi connectivity index (χ4n) is 2.00. The van der Waals surface area contributed by atoms with Crippen molar-refractivity contribution in [2.45, 2.75) is 33.6 Å². The Bertz CT molecular complexity index is 260. The zero-order chi connectivity index (χ0) is 10.9. The molecular weight excluding hydrogens is 178 g/mol. The molecule has 0 aromatic rings. The highest BCUT2D eigenvalue weighted by atomic mass is 16.2. The Morgan fingerprint density at radius 3 is 2.50 bits per heavy atom. The second kappa shape index (κ2) is 3.71. The van der Waals surface area contributed by atoms with Crippen LogP contribution in [0.25, 0.3) is 0 Å². The molecule has 1 rings (SSSR count). The fourth-order valence-corrected chi connectivity index (χ4v) is 2.00. The Morgan fingerprint density at radius 1 is 1.50 bits per heavy atom. The van der Waals surface area contributed by atoms with Gasteiger partial charge >= 0.3 is 0 Å². The second-order valence-electron chi connectivity index (χ2n) is 4.82. The minimum atomic E-state index is -0.419. The van der Waals surface area contributed by atoms with Crippen molar-refractivity contribution in [3.63, 3.8) is 0 Å². The van der Waals surface area contributed by atoms with Gasteiger partial charge in [-0.05, 0) is 6.42 Å². The number of hydrogen-bond acceptors (Lipinski definition) is 2. The van der Waals surface area contributed by atoms with Crippen molar-refractivity contribution in [2.24, 2.45) is 11.3 Å². The molecule has 1 atom stereocenters. The number of piperidine rings is 1. The Morgan fingerprint density at radius 2 is 2.07 bits per heavy atom. The summed E-state index contributed by atoms with van der Waals surface area (Å²) >= 11 is 0. The van der Waals surface area contributed by atoms with Crippen LogP contribution in [0.15, 0.2) is 0 Å². The molecule has 1 heterocycles. The van der Waals surface area contributed by atoms with Gasteiger partial charge in [0.05, 0.1) is 0 Å². The molecule has 1 aliphatic heterocycles. The summed E-state index contributed by atoms with van der Waals surface area (Å²) in [5.41, 5.74) is -0.419. The normalized spacial score (nSPS) is 28.4. The van der Waals surface area contributed by atoms with E-state index >= 15 is 0 Å². The zero-order valence-electron chi connectivity index (χ0n) is 9.46. The summed E-state index contributed by atoms with van der Waals surface area (Å²) in [7, 11) is 1.79. The van der Waals surface area contributed by atoms with Crippen LogP contribution in [0, 0.1) is 11.3 Å².